The van der Waals surface area contributed by atoms with Crippen LogP contribution in [0.4, 0.5) is 5.82 Å². The first-order chi connectivity index (χ1) is 15.5. The van der Waals surface area contributed by atoms with Crippen LogP contribution in [-0.2, 0) is 18.4 Å². The average molecular weight is 432 g/mol. The number of nitrogens with zero attached hydrogens (tertiary/aromatic N) is 5. The number of rotatable bonds is 4. The summed E-state index contributed by atoms with van der Waals surface area (Å²) in [5.74, 6) is 0.862. The minimum atomic E-state index is -0.243. The van der Waals surface area contributed by atoms with E-state index < -0.39 is 0 Å². The first-order valence-electron chi connectivity index (χ1n) is 10.5. The van der Waals surface area contributed by atoms with Gasteiger partial charge in [-0.2, -0.15) is 5.10 Å². The molecule has 32 heavy (non-hydrogen) atoms. The van der Waals surface area contributed by atoms with Crippen molar-refractivity contribution in [1.29, 1.82) is 0 Å². The van der Waals surface area contributed by atoms with E-state index in [1.807, 2.05) is 38.2 Å². The minimum Gasteiger partial charge on any atom is -0.478 e. The molecule has 4 aromatic rings. The van der Waals surface area contributed by atoms with Crippen LogP contribution >= 0.6 is 0 Å². The van der Waals surface area contributed by atoms with E-state index in [-0.39, 0.29) is 11.9 Å². The summed E-state index contributed by atoms with van der Waals surface area (Å²) in [7, 11) is 3.60. The number of nitrogens with two attached hydrogens (primary N) is 1. The summed E-state index contributed by atoms with van der Waals surface area (Å²) in [6, 6.07) is 9.01. The van der Waals surface area contributed by atoms with Gasteiger partial charge in [-0.05, 0) is 31.2 Å². The van der Waals surface area contributed by atoms with Crippen LogP contribution < -0.4 is 10.5 Å². The number of fused-ring (bicyclic) bond motifs is 4. The SMILES string of the molecule is CCOc1ccc2c(n1)COC[C@H]2N(C)C(=O)c1ccc2nc(N)c3c(cnn3C)c2c1. The van der Waals surface area contributed by atoms with Gasteiger partial charge in [-0.1, -0.05) is 0 Å². The highest BCUT2D eigenvalue weighted by molar-refractivity contribution is 6.10. The normalized spacial score (nSPS) is 15.7. The number of nitrogen functional groups attached to an aromatic ring is 1. The largest absolute Gasteiger partial charge is 0.478 e. The Hall–Kier alpha value is -3.72. The number of amides is 1. The third-order valence-electron chi connectivity index (χ3n) is 5.89. The monoisotopic (exact) mass is 432 g/mol. The highest BCUT2D eigenvalue weighted by atomic mass is 16.5. The Labute approximate surface area is 184 Å². The van der Waals surface area contributed by atoms with Crippen LogP contribution in [0.2, 0.25) is 0 Å². The zero-order valence-corrected chi connectivity index (χ0v) is 18.2. The topological polar surface area (TPSA) is 108 Å². The highest BCUT2D eigenvalue weighted by Crippen LogP contribution is 2.32. The third-order valence-corrected chi connectivity index (χ3v) is 5.89. The van der Waals surface area contributed by atoms with Crippen molar-refractivity contribution >= 4 is 33.5 Å². The van der Waals surface area contributed by atoms with Gasteiger partial charge >= 0.3 is 0 Å². The molecule has 164 valence electrons. The summed E-state index contributed by atoms with van der Waals surface area (Å²) in [4.78, 5) is 24.2. The summed E-state index contributed by atoms with van der Waals surface area (Å²) >= 11 is 0. The summed E-state index contributed by atoms with van der Waals surface area (Å²) in [5.41, 5.74) is 9.91. The number of ether oxygens (including phenoxy) is 2. The molecule has 0 spiro atoms. The van der Waals surface area contributed by atoms with Gasteiger partial charge in [0.2, 0.25) is 5.88 Å². The van der Waals surface area contributed by atoms with E-state index in [0.29, 0.717) is 37.1 Å². The highest BCUT2D eigenvalue weighted by Gasteiger charge is 2.29. The first-order valence-corrected chi connectivity index (χ1v) is 10.5. The summed E-state index contributed by atoms with van der Waals surface area (Å²) in [5, 5.41) is 6.01. The molecule has 0 fully saturated rings. The Balaban J connectivity index is 1.51. The second kappa shape index (κ2) is 7.76. The summed E-state index contributed by atoms with van der Waals surface area (Å²) in [6.45, 7) is 3.26. The Morgan fingerprint density at radius 1 is 1.28 bits per heavy atom. The molecule has 0 aliphatic carbocycles. The molecule has 1 aromatic carbocycles. The van der Waals surface area contributed by atoms with E-state index in [2.05, 4.69) is 15.1 Å². The fourth-order valence-corrected chi connectivity index (χ4v) is 4.27. The number of hydrogen-bond donors (Lipinski definition) is 1. The maximum Gasteiger partial charge on any atom is 0.254 e. The predicted molar refractivity (Wildman–Crippen MR) is 120 cm³/mol. The fourth-order valence-electron chi connectivity index (χ4n) is 4.27. The van der Waals surface area contributed by atoms with Gasteiger partial charge in [0.1, 0.15) is 11.3 Å². The van der Waals surface area contributed by atoms with Crippen molar-refractivity contribution in [3.63, 3.8) is 0 Å². The molecular formula is C23H24N6O3. The average Bonchev–Trinajstić information content (AvgIpc) is 3.20. The van der Waals surface area contributed by atoms with E-state index in [1.165, 1.54) is 0 Å². The molecule has 0 bridgehead atoms. The molecule has 0 saturated heterocycles. The van der Waals surface area contributed by atoms with E-state index >= 15 is 0 Å². The van der Waals surface area contributed by atoms with Gasteiger partial charge in [-0.25, -0.2) is 9.97 Å². The Kier molecular flexibility index (Phi) is 4.90. The number of benzene rings is 1. The lowest BCUT2D eigenvalue weighted by molar-refractivity contribution is 0.0327. The number of anilines is 1. The smallest absolute Gasteiger partial charge is 0.254 e. The van der Waals surface area contributed by atoms with Crippen LogP contribution in [0.5, 0.6) is 5.88 Å². The van der Waals surface area contributed by atoms with Crippen LogP contribution in [-0.4, -0.2) is 50.8 Å². The van der Waals surface area contributed by atoms with Crippen molar-refractivity contribution in [3.8, 4) is 5.88 Å². The molecule has 1 aliphatic heterocycles. The van der Waals surface area contributed by atoms with Gasteiger partial charge in [0.25, 0.3) is 5.91 Å². The third kappa shape index (κ3) is 3.21. The van der Waals surface area contributed by atoms with Crippen molar-refractivity contribution in [2.24, 2.45) is 7.05 Å². The lowest BCUT2D eigenvalue weighted by Crippen LogP contribution is -2.36. The molecule has 1 aliphatic rings. The molecule has 1 atom stereocenters. The van der Waals surface area contributed by atoms with E-state index in [1.54, 1.807) is 28.9 Å². The quantitative estimate of drug-likeness (QED) is 0.528. The van der Waals surface area contributed by atoms with Gasteiger partial charge in [-0.3, -0.25) is 9.48 Å². The molecule has 0 saturated carbocycles. The Morgan fingerprint density at radius 2 is 2.12 bits per heavy atom. The maximum atomic E-state index is 13.4. The molecule has 1 amide bonds. The molecule has 4 heterocycles. The van der Waals surface area contributed by atoms with E-state index in [9.17, 15) is 4.79 Å². The van der Waals surface area contributed by atoms with Crippen LogP contribution in [0.15, 0.2) is 36.5 Å². The van der Waals surface area contributed by atoms with Gasteiger partial charge in [0.05, 0.1) is 43.3 Å². The first kappa shape index (κ1) is 20.2. The number of aryl methyl sites for hydroxylation is 1. The Morgan fingerprint density at radius 3 is 2.94 bits per heavy atom. The molecule has 5 rings (SSSR count). The van der Waals surface area contributed by atoms with E-state index in [4.69, 9.17) is 15.2 Å². The maximum absolute atomic E-state index is 13.4. The van der Waals surface area contributed by atoms with Crippen molar-refractivity contribution in [2.75, 3.05) is 26.0 Å². The van der Waals surface area contributed by atoms with Crippen molar-refractivity contribution in [3.05, 3.63) is 53.3 Å². The summed E-state index contributed by atoms with van der Waals surface area (Å²) < 4.78 is 12.9. The number of carbonyl (C=O) groups is 1. The minimum absolute atomic E-state index is 0.115. The molecule has 9 heteroatoms. The van der Waals surface area contributed by atoms with Crippen LogP contribution in [0.1, 0.15) is 34.6 Å². The zero-order valence-electron chi connectivity index (χ0n) is 18.2. The predicted octanol–water partition coefficient (Wildman–Crippen LogP) is 2.84. The second-order valence-electron chi connectivity index (χ2n) is 7.82. The molecular weight excluding hydrogens is 408 g/mol. The van der Waals surface area contributed by atoms with Gasteiger partial charge in [0.15, 0.2) is 0 Å². The molecule has 0 unspecified atom stereocenters. The molecule has 2 N–H and O–H groups in total. The standard InChI is InChI=1S/C23H24N6O3/c1-4-32-20-8-6-14-18(26-20)11-31-12-19(14)28(2)23(30)13-5-7-17-15(9-13)16-10-25-29(3)21(16)22(24)27-17/h5-10,19H,4,11-12H2,1-3H3,(H2,24,27)/t19-/m1/s1. The molecule has 9 nitrogen and oxygen atoms in total. The number of aromatic nitrogens is 4. The van der Waals surface area contributed by atoms with Gasteiger partial charge < -0.3 is 20.1 Å². The van der Waals surface area contributed by atoms with Crippen molar-refractivity contribution in [2.45, 2.75) is 19.6 Å². The number of carbonyl (C=O) groups excluding carboxylic acids is 1. The second-order valence-corrected chi connectivity index (χ2v) is 7.82. The lowest BCUT2D eigenvalue weighted by atomic mass is 10.0. The molecule has 0 radical (unpaired) electrons. The Bertz CT molecular complexity index is 1350. The number of likely N-dealkylation sites (N-methyl/N-ethyl adjacent to an activating group) is 1. The summed E-state index contributed by atoms with van der Waals surface area (Å²) in [6.07, 6.45) is 1.75. The fraction of sp³-hybridized carbons (Fsp3) is 0.304. The van der Waals surface area contributed by atoms with E-state index in [0.717, 1.165) is 33.1 Å². The van der Waals surface area contributed by atoms with Gasteiger partial charge in [0, 0.05) is 42.1 Å². The lowest BCUT2D eigenvalue weighted by Gasteiger charge is -2.32. The zero-order chi connectivity index (χ0) is 22.4. The van der Waals surface area contributed by atoms with Crippen LogP contribution in [0.25, 0.3) is 21.8 Å². The number of pyridine rings is 2. The number of hydrogen-bond acceptors (Lipinski definition) is 7. The molecule has 3 aromatic heterocycles. The van der Waals surface area contributed by atoms with Crippen LogP contribution in [0.3, 0.4) is 0 Å². The van der Waals surface area contributed by atoms with Crippen molar-refractivity contribution < 1.29 is 14.3 Å². The van der Waals surface area contributed by atoms with Crippen LogP contribution in [0, 0.1) is 0 Å². The van der Waals surface area contributed by atoms with Crippen molar-refractivity contribution in [1.82, 2.24) is 24.6 Å². The van der Waals surface area contributed by atoms with Gasteiger partial charge in [-0.15, -0.1) is 0 Å².